The van der Waals surface area contributed by atoms with Crippen LogP contribution in [-0.4, -0.2) is 15.0 Å². The van der Waals surface area contributed by atoms with E-state index in [0.29, 0.717) is 11.6 Å². The third kappa shape index (κ3) is 6.68. The number of halogens is 1. The Morgan fingerprint density at radius 1 is 1.19 bits per heavy atom. The molecule has 0 atom stereocenters. The molecule has 0 spiro atoms. The van der Waals surface area contributed by atoms with Crippen molar-refractivity contribution >= 4 is 27.3 Å². The average Bonchev–Trinajstić information content (AvgIpc) is 2.40. The van der Waals surface area contributed by atoms with Crippen LogP contribution in [0.25, 0.3) is 0 Å². The molecule has 1 aromatic carbocycles. The Balaban J connectivity index is 2.35. The number of sulfonamides is 1. The highest BCUT2D eigenvalue weighted by atomic mass is 35.5. The molecular weight excluding hydrogens is 308 g/mol. The lowest BCUT2D eigenvalue weighted by atomic mass is 10.0. The molecule has 3 N–H and O–H groups in total. The number of benzene rings is 1. The highest BCUT2D eigenvalue weighted by Gasteiger charge is 2.14. The van der Waals surface area contributed by atoms with Gasteiger partial charge in [0.1, 0.15) is 0 Å². The molecule has 21 heavy (non-hydrogen) atoms. The van der Waals surface area contributed by atoms with E-state index >= 15 is 0 Å². The highest BCUT2D eigenvalue weighted by Crippen LogP contribution is 2.22. The van der Waals surface area contributed by atoms with Crippen molar-refractivity contribution in [2.24, 2.45) is 5.92 Å². The van der Waals surface area contributed by atoms with Gasteiger partial charge >= 0.3 is 0 Å². The summed E-state index contributed by atoms with van der Waals surface area (Å²) in [4.78, 5) is 0.157. The van der Waals surface area contributed by atoms with Crippen molar-refractivity contribution in [3.05, 3.63) is 23.2 Å². The average molecular weight is 333 g/mol. The molecule has 0 fully saturated rings. The molecule has 120 valence electrons. The van der Waals surface area contributed by atoms with Crippen molar-refractivity contribution in [2.45, 2.75) is 50.8 Å². The minimum atomic E-state index is -3.49. The third-order valence-corrected chi connectivity index (χ3v) is 5.08. The summed E-state index contributed by atoms with van der Waals surface area (Å²) >= 11 is 5.79. The van der Waals surface area contributed by atoms with Crippen molar-refractivity contribution in [2.75, 3.05) is 12.3 Å². The predicted molar refractivity (Wildman–Crippen MR) is 89.0 cm³/mol. The van der Waals surface area contributed by atoms with Gasteiger partial charge in [0.15, 0.2) is 0 Å². The summed E-state index contributed by atoms with van der Waals surface area (Å²) in [6.07, 6.45) is 5.47. The Bertz CT molecular complexity index is 545. The number of nitrogens with one attached hydrogen (secondary N) is 1. The normalized spacial score (nSPS) is 12.0. The van der Waals surface area contributed by atoms with E-state index in [1.54, 1.807) is 0 Å². The topological polar surface area (TPSA) is 72.2 Å². The summed E-state index contributed by atoms with van der Waals surface area (Å²) in [5, 5.41) is 0.360. The predicted octanol–water partition coefficient (Wildman–Crippen LogP) is 3.81. The van der Waals surface area contributed by atoms with Gasteiger partial charge < -0.3 is 5.73 Å². The van der Waals surface area contributed by atoms with Gasteiger partial charge in [-0.25, -0.2) is 13.1 Å². The number of unbranched alkanes of at least 4 members (excludes halogenated alkanes) is 3. The molecule has 0 saturated carbocycles. The zero-order valence-corrected chi connectivity index (χ0v) is 14.3. The molecule has 0 heterocycles. The summed E-state index contributed by atoms with van der Waals surface area (Å²) in [6.45, 7) is 4.88. The molecule has 0 bridgehead atoms. The lowest BCUT2D eigenvalue weighted by molar-refractivity contribution is 0.517. The van der Waals surface area contributed by atoms with E-state index < -0.39 is 10.0 Å². The van der Waals surface area contributed by atoms with Crippen LogP contribution in [0.3, 0.4) is 0 Å². The van der Waals surface area contributed by atoms with E-state index in [1.165, 1.54) is 31.0 Å². The van der Waals surface area contributed by atoms with Gasteiger partial charge in [-0.1, -0.05) is 51.1 Å². The van der Waals surface area contributed by atoms with Gasteiger partial charge in [-0.05, 0) is 30.5 Å². The van der Waals surface area contributed by atoms with Crippen molar-refractivity contribution < 1.29 is 8.42 Å². The molecule has 0 saturated heterocycles. The van der Waals surface area contributed by atoms with Crippen LogP contribution in [0, 0.1) is 5.92 Å². The van der Waals surface area contributed by atoms with Crippen LogP contribution in [0.5, 0.6) is 0 Å². The van der Waals surface area contributed by atoms with Crippen LogP contribution in [0.2, 0.25) is 5.02 Å². The summed E-state index contributed by atoms with van der Waals surface area (Å²) in [5.41, 5.74) is 5.90. The molecule has 0 aliphatic rings. The highest BCUT2D eigenvalue weighted by molar-refractivity contribution is 7.89. The van der Waals surface area contributed by atoms with E-state index in [4.69, 9.17) is 17.3 Å². The number of hydrogen-bond acceptors (Lipinski definition) is 3. The SMILES string of the molecule is CC(C)CCCCCCNS(=O)(=O)c1ccc(Cl)c(N)c1. The minimum Gasteiger partial charge on any atom is -0.397 e. The Labute approximate surface area is 133 Å². The van der Waals surface area contributed by atoms with Gasteiger partial charge in [0, 0.05) is 6.54 Å². The fourth-order valence-electron chi connectivity index (χ4n) is 2.01. The van der Waals surface area contributed by atoms with E-state index in [0.717, 1.165) is 25.2 Å². The second-order valence-corrected chi connectivity index (χ2v) is 7.85. The number of nitrogen functional groups attached to an aromatic ring is 1. The Kier molecular flexibility index (Phi) is 7.49. The standard InChI is InChI=1S/C15H25ClN2O2S/c1-12(2)7-5-3-4-6-10-18-21(19,20)13-8-9-14(16)15(17)11-13/h8-9,11-12,18H,3-7,10,17H2,1-2H3. The number of anilines is 1. The smallest absolute Gasteiger partial charge is 0.240 e. The fraction of sp³-hybridized carbons (Fsp3) is 0.600. The number of rotatable bonds is 9. The van der Waals surface area contributed by atoms with Crippen molar-refractivity contribution in [1.29, 1.82) is 0 Å². The van der Waals surface area contributed by atoms with Gasteiger partial charge in [-0.2, -0.15) is 0 Å². The van der Waals surface area contributed by atoms with Gasteiger partial charge in [-0.15, -0.1) is 0 Å². The molecule has 0 aromatic heterocycles. The Hall–Kier alpha value is -0.780. The molecule has 1 aromatic rings. The van der Waals surface area contributed by atoms with Crippen molar-refractivity contribution in [3.8, 4) is 0 Å². The first-order valence-electron chi connectivity index (χ1n) is 7.37. The Morgan fingerprint density at radius 2 is 1.86 bits per heavy atom. The first kappa shape index (κ1) is 18.3. The van der Waals surface area contributed by atoms with Crippen LogP contribution in [-0.2, 0) is 10.0 Å². The monoisotopic (exact) mass is 332 g/mol. The third-order valence-electron chi connectivity index (χ3n) is 3.28. The maximum atomic E-state index is 12.1. The maximum absolute atomic E-state index is 12.1. The van der Waals surface area contributed by atoms with Gasteiger partial charge in [-0.3, -0.25) is 0 Å². The molecule has 0 amide bonds. The van der Waals surface area contributed by atoms with E-state index in [-0.39, 0.29) is 10.6 Å². The number of nitrogens with two attached hydrogens (primary N) is 1. The second kappa shape index (κ2) is 8.61. The lowest BCUT2D eigenvalue weighted by Gasteiger charge is -2.08. The molecule has 6 heteroatoms. The number of hydrogen-bond donors (Lipinski definition) is 2. The molecule has 0 aliphatic carbocycles. The van der Waals surface area contributed by atoms with E-state index in [2.05, 4.69) is 18.6 Å². The van der Waals surface area contributed by atoms with Gasteiger partial charge in [0.05, 0.1) is 15.6 Å². The van der Waals surface area contributed by atoms with E-state index in [1.807, 2.05) is 0 Å². The lowest BCUT2D eigenvalue weighted by Crippen LogP contribution is -2.24. The molecule has 0 unspecified atom stereocenters. The summed E-state index contributed by atoms with van der Waals surface area (Å²) in [5.74, 6) is 0.735. The zero-order chi connectivity index (χ0) is 15.9. The summed E-state index contributed by atoms with van der Waals surface area (Å²) in [7, 11) is -3.49. The van der Waals surface area contributed by atoms with Crippen LogP contribution < -0.4 is 10.5 Å². The van der Waals surface area contributed by atoms with Crippen LogP contribution in [0.4, 0.5) is 5.69 Å². The van der Waals surface area contributed by atoms with Crippen LogP contribution >= 0.6 is 11.6 Å². The first-order chi connectivity index (χ1) is 9.83. The quantitative estimate of drug-likeness (QED) is 0.533. The molecular formula is C15H25ClN2O2S. The van der Waals surface area contributed by atoms with E-state index in [9.17, 15) is 8.42 Å². The van der Waals surface area contributed by atoms with Gasteiger partial charge in [0.2, 0.25) is 10.0 Å². The molecule has 4 nitrogen and oxygen atoms in total. The zero-order valence-electron chi connectivity index (χ0n) is 12.7. The first-order valence-corrected chi connectivity index (χ1v) is 9.23. The van der Waals surface area contributed by atoms with Crippen LogP contribution in [0.1, 0.15) is 46.0 Å². The largest absolute Gasteiger partial charge is 0.397 e. The molecule has 0 radical (unpaired) electrons. The minimum absolute atomic E-state index is 0.157. The van der Waals surface area contributed by atoms with Gasteiger partial charge in [0.25, 0.3) is 0 Å². The summed E-state index contributed by atoms with van der Waals surface area (Å²) < 4.78 is 26.7. The maximum Gasteiger partial charge on any atom is 0.240 e. The van der Waals surface area contributed by atoms with Crippen molar-refractivity contribution in [1.82, 2.24) is 4.72 Å². The second-order valence-electron chi connectivity index (χ2n) is 5.68. The van der Waals surface area contributed by atoms with Crippen LogP contribution in [0.15, 0.2) is 23.1 Å². The molecule has 1 rings (SSSR count). The fourth-order valence-corrected chi connectivity index (χ4v) is 3.24. The van der Waals surface area contributed by atoms with Crippen molar-refractivity contribution in [3.63, 3.8) is 0 Å². The Morgan fingerprint density at radius 3 is 2.48 bits per heavy atom. The molecule has 0 aliphatic heterocycles. The summed E-state index contributed by atoms with van der Waals surface area (Å²) in [6, 6.07) is 4.34.